The molecular weight excluding hydrogens is 641 g/mol. The summed E-state index contributed by atoms with van der Waals surface area (Å²) in [6.07, 6.45) is -0.609. The van der Waals surface area contributed by atoms with Crippen molar-refractivity contribution in [3.8, 4) is 5.75 Å². The average molecular weight is 684 g/mol. The zero-order valence-electron chi connectivity index (χ0n) is 29.1. The van der Waals surface area contributed by atoms with Gasteiger partial charge in [-0.1, -0.05) is 36.4 Å². The molecular formula is C38H42FN5O6. The molecule has 1 aliphatic heterocycles. The minimum Gasteiger partial charge on any atom is -0.461 e. The fraction of sp³-hybridized carbons (Fsp3) is 0.342. The zero-order chi connectivity index (χ0) is 36.0. The molecule has 1 aromatic heterocycles. The SMILES string of the molecule is Cc1nc(Nc2ccc(F)cc2)nc(N2CCc3ccc(OC(=O)[C@H](CC(=O)OCc4ccccc4)NC(=O)OC(C)(C)C)cc3C2C)c1C. The standard InChI is InChI=1S/C38H42FN5O6/c1-23-24(2)40-36(41-29-15-13-28(39)14-16-29)43-34(23)44-19-18-27-12-17-30(20-31(27)25(44)3)49-35(46)32(42-37(47)50-38(4,5)6)21-33(45)48-22-26-10-8-7-9-11-26/h7-17,20,25,32H,18-19,21-22H2,1-6H3,(H,42,47)(H,40,41,43)/t25?,32-/m0/s1. The number of ether oxygens (including phenoxy) is 3. The molecule has 0 aliphatic carbocycles. The first-order valence-electron chi connectivity index (χ1n) is 16.4. The molecule has 12 heteroatoms. The molecule has 0 saturated heterocycles. The van der Waals surface area contributed by atoms with E-state index in [4.69, 9.17) is 19.2 Å². The quantitative estimate of drug-likeness (QED) is 0.133. The molecule has 262 valence electrons. The van der Waals surface area contributed by atoms with Crippen LogP contribution in [0, 0.1) is 19.7 Å². The van der Waals surface area contributed by atoms with Crippen molar-refractivity contribution < 1.29 is 33.0 Å². The third-order valence-electron chi connectivity index (χ3n) is 8.20. The third-order valence-corrected chi connectivity index (χ3v) is 8.20. The molecule has 0 radical (unpaired) electrons. The van der Waals surface area contributed by atoms with Crippen LogP contribution in [0.15, 0.2) is 72.8 Å². The maximum atomic E-state index is 13.5. The molecule has 1 aliphatic rings. The number of fused-ring (bicyclic) bond motifs is 1. The lowest BCUT2D eigenvalue weighted by Crippen LogP contribution is -2.46. The number of aryl methyl sites for hydroxylation is 1. The fourth-order valence-electron chi connectivity index (χ4n) is 5.55. The number of alkyl carbamates (subject to hydrolysis) is 1. The lowest BCUT2D eigenvalue weighted by atomic mass is 9.93. The number of esters is 2. The Hall–Kier alpha value is -5.52. The number of benzene rings is 3. The van der Waals surface area contributed by atoms with Gasteiger partial charge in [0.05, 0.1) is 12.5 Å². The van der Waals surface area contributed by atoms with Gasteiger partial charge in [-0.2, -0.15) is 4.98 Å². The first kappa shape index (κ1) is 35.8. The second-order valence-corrected chi connectivity index (χ2v) is 13.2. The highest BCUT2D eigenvalue weighted by atomic mass is 19.1. The first-order valence-corrected chi connectivity index (χ1v) is 16.4. The predicted octanol–water partition coefficient (Wildman–Crippen LogP) is 7.03. The van der Waals surface area contributed by atoms with Gasteiger partial charge < -0.3 is 29.7 Å². The summed E-state index contributed by atoms with van der Waals surface area (Å²) < 4.78 is 29.9. The van der Waals surface area contributed by atoms with Crippen LogP contribution in [0.2, 0.25) is 0 Å². The van der Waals surface area contributed by atoms with Crippen LogP contribution in [0.5, 0.6) is 5.75 Å². The Labute approximate surface area is 291 Å². The maximum Gasteiger partial charge on any atom is 0.408 e. The number of hydrogen-bond acceptors (Lipinski definition) is 10. The zero-order valence-corrected chi connectivity index (χ0v) is 29.1. The lowest BCUT2D eigenvalue weighted by molar-refractivity contribution is -0.149. The van der Waals surface area contributed by atoms with E-state index in [9.17, 15) is 18.8 Å². The highest BCUT2D eigenvalue weighted by Gasteiger charge is 2.31. The van der Waals surface area contributed by atoms with Crippen molar-refractivity contribution in [2.75, 3.05) is 16.8 Å². The van der Waals surface area contributed by atoms with E-state index >= 15 is 0 Å². The van der Waals surface area contributed by atoms with Crippen LogP contribution in [0.3, 0.4) is 0 Å². The molecule has 0 fully saturated rings. The Morgan fingerprint density at radius 2 is 1.72 bits per heavy atom. The number of nitrogens with zero attached hydrogens (tertiary/aromatic N) is 3. The van der Waals surface area contributed by atoms with Gasteiger partial charge in [-0.05, 0) is 101 Å². The molecule has 1 unspecified atom stereocenters. The topological polar surface area (TPSA) is 132 Å². The normalized spacial score (nSPS) is 14.6. The second-order valence-electron chi connectivity index (χ2n) is 13.2. The van der Waals surface area contributed by atoms with E-state index in [0.29, 0.717) is 24.6 Å². The molecule has 2 heterocycles. The molecule has 11 nitrogen and oxygen atoms in total. The maximum absolute atomic E-state index is 13.5. The number of hydrogen-bond donors (Lipinski definition) is 2. The van der Waals surface area contributed by atoms with Gasteiger partial charge in [0.15, 0.2) is 0 Å². The summed E-state index contributed by atoms with van der Waals surface area (Å²) in [5, 5.41) is 5.64. The molecule has 2 atom stereocenters. The van der Waals surface area contributed by atoms with Crippen molar-refractivity contribution in [2.24, 2.45) is 0 Å². The van der Waals surface area contributed by atoms with Gasteiger partial charge in [0, 0.05) is 23.5 Å². The van der Waals surface area contributed by atoms with E-state index in [1.807, 2.05) is 57.2 Å². The van der Waals surface area contributed by atoms with Crippen molar-refractivity contribution in [1.29, 1.82) is 0 Å². The second kappa shape index (κ2) is 15.4. The Morgan fingerprint density at radius 3 is 2.42 bits per heavy atom. The smallest absolute Gasteiger partial charge is 0.408 e. The first-order chi connectivity index (χ1) is 23.8. The van der Waals surface area contributed by atoms with Crippen molar-refractivity contribution in [3.05, 3.63) is 107 Å². The number of carbonyl (C=O) groups excluding carboxylic acids is 3. The summed E-state index contributed by atoms with van der Waals surface area (Å²) >= 11 is 0. The number of rotatable bonds is 10. The largest absolute Gasteiger partial charge is 0.461 e. The van der Waals surface area contributed by atoms with E-state index in [1.165, 1.54) is 12.1 Å². The van der Waals surface area contributed by atoms with Gasteiger partial charge in [0.25, 0.3) is 0 Å². The monoisotopic (exact) mass is 683 g/mol. The Bertz CT molecular complexity index is 1850. The van der Waals surface area contributed by atoms with Crippen LogP contribution in [0.25, 0.3) is 0 Å². The van der Waals surface area contributed by atoms with E-state index in [1.54, 1.807) is 45.0 Å². The molecule has 0 saturated carbocycles. The van der Waals surface area contributed by atoms with Gasteiger partial charge in [0.2, 0.25) is 5.95 Å². The summed E-state index contributed by atoms with van der Waals surface area (Å²) in [5.41, 5.74) is 4.36. The number of carbonyl (C=O) groups is 3. The van der Waals surface area contributed by atoms with Gasteiger partial charge in [-0.15, -0.1) is 0 Å². The van der Waals surface area contributed by atoms with Crippen LogP contribution >= 0.6 is 0 Å². The highest BCUT2D eigenvalue weighted by Crippen LogP contribution is 2.37. The van der Waals surface area contributed by atoms with Gasteiger partial charge in [0.1, 0.15) is 35.6 Å². The Morgan fingerprint density at radius 1 is 1.00 bits per heavy atom. The fourth-order valence-corrected chi connectivity index (χ4v) is 5.55. The molecule has 4 aromatic rings. The number of nitrogens with one attached hydrogen (secondary N) is 2. The molecule has 50 heavy (non-hydrogen) atoms. The minimum atomic E-state index is -1.36. The number of amides is 1. The van der Waals surface area contributed by atoms with Crippen molar-refractivity contribution in [1.82, 2.24) is 15.3 Å². The molecule has 5 rings (SSSR count). The van der Waals surface area contributed by atoms with Crippen molar-refractivity contribution in [2.45, 2.75) is 78.7 Å². The van der Waals surface area contributed by atoms with Crippen LogP contribution in [-0.2, 0) is 32.1 Å². The van der Waals surface area contributed by atoms with Gasteiger partial charge >= 0.3 is 18.0 Å². The van der Waals surface area contributed by atoms with E-state index < -0.39 is 36.1 Å². The van der Waals surface area contributed by atoms with E-state index in [0.717, 1.165) is 33.8 Å². The summed E-state index contributed by atoms with van der Waals surface area (Å²) in [6, 6.07) is 19.0. The number of anilines is 3. The predicted molar refractivity (Wildman–Crippen MR) is 187 cm³/mol. The van der Waals surface area contributed by atoms with Gasteiger partial charge in [-0.3, -0.25) is 4.79 Å². The van der Waals surface area contributed by atoms with Crippen molar-refractivity contribution in [3.63, 3.8) is 0 Å². The lowest BCUT2D eigenvalue weighted by Gasteiger charge is -2.37. The third kappa shape index (κ3) is 9.34. The van der Waals surface area contributed by atoms with Crippen LogP contribution in [0.1, 0.15) is 68.1 Å². The van der Waals surface area contributed by atoms with Crippen LogP contribution < -0.4 is 20.3 Å². The summed E-state index contributed by atoms with van der Waals surface area (Å²) in [4.78, 5) is 50.5. The number of halogens is 1. The average Bonchev–Trinajstić information content (AvgIpc) is 3.06. The van der Waals surface area contributed by atoms with Crippen LogP contribution in [-0.4, -0.2) is 46.2 Å². The molecule has 3 aromatic carbocycles. The molecule has 0 spiro atoms. The minimum absolute atomic E-state index is 0.0161. The molecule has 2 N–H and O–H groups in total. The van der Waals surface area contributed by atoms with E-state index in [-0.39, 0.29) is 24.2 Å². The summed E-state index contributed by atoms with van der Waals surface area (Å²) in [7, 11) is 0. The summed E-state index contributed by atoms with van der Waals surface area (Å²) in [5.74, 6) is -0.471. The summed E-state index contributed by atoms with van der Waals surface area (Å²) in [6.45, 7) is 11.7. The van der Waals surface area contributed by atoms with E-state index in [2.05, 4.69) is 20.5 Å². The molecule has 0 bridgehead atoms. The van der Waals surface area contributed by atoms with Crippen molar-refractivity contribution >= 4 is 35.5 Å². The Kier molecular flexibility index (Phi) is 11.0. The van der Waals surface area contributed by atoms with Gasteiger partial charge in [-0.25, -0.2) is 19.0 Å². The highest BCUT2D eigenvalue weighted by molar-refractivity contribution is 5.87. The molecule has 1 amide bonds. The Balaban J connectivity index is 1.33. The number of aromatic nitrogens is 2. The van der Waals surface area contributed by atoms with Crippen LogP contribution in [0.4, 0.5) is 26.6 Å².